The van der Waals surface area contributed by atoms with Crippen molar-refractivity contribution in [1.29, 1.82) is 0 Å². The van der Waals surface area contributed by atoms with Crippen LogP contribution in [0.3, 0.4) is 0 Å². The van der Waals surface area contributed by atoms with E-state index in [1.807, 2.05) is 0 Å². The molecule has 0 spiro atoms. The predicted molar refractivity (Wildman–Crippen MR) is 37.6 cm³/mol. The molecule has 0 bridgehead atoms. The summed E-state index contributed by atoms with van der Waals surface area (Å²) < 4.78 is 0. The van der Waals surface area contributed by atoms with E-state index in [2.05, 4.69) is 0 Å². The molecular formula is C6H10BCl. The lowest BCUT2D eigenvalue weighted by molar-refractivity contribution is 0.619. The van der Waals surface area contributed by atoms with E-state index in [1.165, 1.54) is 12.8 Å². The molecule has 1 saturated carbocycles. The van der Waals surface area contributed by atoms with Crippen LogP contribution in [-0.2, 0) is 0 Å². The molecule has 44 valence electrons. The Hall–Kier alpha value is 0.355. The van der Waals surface area contributed by atoms with E-state index in [0.29, 0.717) is 11.7 Å². The maximum atomic E-state index is 5.64. The molecule has 0 aromatic heterocycles. The summed E-state index contributed by atoms with van der Waals surface area (Å²) in [6.45, 7) is 0. The normalized spacial score (nSPS) is 38.1. The summed E-state index contributed by atoms with van der Waals surface area (Å²) in [7, 11) is 5.64. The van der Waals surface area contributed by atoms with Crippen LogP contribution < -0.4 is 0 Å². The quantitative estimate of drug-likeness (QED) is 0.374. The van der Waals surface area contributed by atoms with E-state index in [9.17, 15) is 0 Å². The molecule has 8 heavy (non-hydrogen) atoms. The third-order valence-electron chi connectivity index (χ3n) is 1.80. The zero-order chi connectivity index (χ0) is 5.98. The molecule has 2 radical (unpaired) electrons. The molecule has 1 fully saturated rings. The molecule has 2 atom stereocenters. The third kappa shape index (κ3) is 1.41. The van der Waals surface area contributed by atoms with Gasteiger partial charge in [-0.3, -0.25) is 0 Å². The van der Waals surface area contributed by atoms with Crippen LogP contribution in [0.4, 0.5) is 0 Å². The molecule has 1 aliphatic carbocycles. The van der Waals surface area contributed by atoms with Crippen LogP contribution in [-0.4, -0.2) is 13.7 Å². The van der Waals surface area contributed by atoms with Gasteiger partial charge in [0.15, 0.2) is 0 Å². The second-order valence-corrected chi connectivity index (χ2v) is 2.90. The second-order valence-electron chi connectivity index (χ2n) is 2.59. The van der Waals surface area contributed by atoms with Crippen molar-refractivity contribution in [1.82, 2.24) is 0 Å². The summed E-state index contributed by atoms with van der Waals surface area (Å²) >= 11 is 5.62. The molecule has 1 rings (SSSR count). The zero-order valence-corrected chi connectivity index (χ0v) is 5.69. The minimum absolute atomic E-state index is 0.443. The van der Waals surface area contributed by atoms with Crippen molar-refractivity contribution in [2.75, 3.05) is 5.88 Å². The standard InChI is InChI=1S/C6H10BCl/c7-6-2-1-5(3-6)4-8/h5-6H,1-4H2. The molecule has 0 saturated heterocycles. The molecule has 0 heterocycles. The van der Waals surface area contributed by atoms with E-state index in [4.69, 9.17) is 19.4 Å². The highest BCUT2D eigenvalue weighted by atomic mass is 35.5. The topological polar surface area (TPSA) is 0 Å². The van der Waals surface area contributed by atoms with Crippen molar-refractivity contribution in [3.63, 3.8) is 0 Å². The Balaban J connectivity index is 2.22. The van der Waals surface area contributed by atoms with Crippen molar-refractivity contribution in [2.24, 2.45) is 5.92 Å². The fourth-order valence-electron chi connectivity index (χ4n) is 1.25. The molecule has 0 amide bonds. The van der Waals surface area contributed by atoms with Gasteiger partial charge in [0.25, 0.3) is 0 Å². The summed E-state index contributed by atoms with van der Waals surface area (Å²) in [5, 5.41) is 0. The molecule has 0 nitrogen and oxygen atoms in total. The van der Waals surface area contributed by atoms with E-state index in [0.717, 1.165) is 12.3 Å². The van der Waals surface area contributed by atoms with Crippen LogP contribution in [0.25, 0.3) is 0 Å². The molecular weight excluding hydrogens is 118 g/mol. The summed E-state index contributed by atoms with van der Waals surface area (Å²) in [6, 6.07) is 0. The Morgan fingerprint density at radius 2 is 2.25 bits per heavy atom. The van der Waals surface area contributed by atoms with Gasteiger partial charge < -0.3 is 0 Å². The van der Waals surface area contributed by atoms with Gasteiger partial charge in [0, 0.05) is 5.88 Å². The maximum Gasteiger partial charge on any atom is 0.0699 e. The highest BCUT2D eigenvalue weighted by Crippen LogP contribution is 2.33. The highest BCUT2D eigenvalue weighted by Gasteiger charge is 2.19. The summed E-state index contributed by atoms with van der Waals surface area (Å²) in [5.41, 5.74) is 0. The number of halogens is 1. The van der Waals surface area contributed by atoms with Gasteiger partial charge in [0.05, 0.1) is 7.85 Å². The number of hydrogen-bond donors (Lipinski definition) is 0. The minimum atomic E-state index is 0.443. The van der Waals surface area contributed by atoms with E-state index in [1.54, 1.807) is 0 Å². The third-order valence-corrected chi connectivity index (χ3v) is 2.24. The van der Waals surface area contributed by atoms with Crippen molar-refractivity contribution >= 4 is 19.4 Å². The van der Waals surface area contributed by atoms with E-state index >= 15 is 0 Å². The summed E-state index contributed by atoms with van der Waals surface area (Å²) in [6.07, 6.45) is 3.56. The zero-order valence-electron chi connectivity index (χ0n) is 4.94. The molecule has 0 N–H and O–H groups in total. The fraction of sp³-hybridized carbons (Fsp3) is 1.00. The first-order valence-corrected chi connectivity index (χ1v) is 3.68. The Bertz CT molecular complexity index is 74.9. The van der Waals surface area contributed by atoms with Gasteiger partial charge in [-0.15, -0.1) is 11.6 Å². The average molecular weight is 128 g/mol. The maximum absolute atomic E-state index is 5.64. The van der Waals surface area contributed by atoms with Gasteiger partial charge in [0.1, 0.15) is 0 Å². The van der Waals surface area contributed by atoms with E-state index < -0.39 is 0 Å². The first kappa shape index (κ1) is 6.47. The largest absolute Gasteiger partial charge is 0.126 e. The summed E-state index contributed by atoms with van der Waals surface area (Å²) in [5.74, 6) is 1.96. The number of alkyl halides is 1. The van der Waals surface area contributed by atoms with Gasteiger partial charge >= 0.3 is 0 Å². The Labute approximate surface area is 57.0 Å². The Morgan fingerprint density at radius 1 is 1.50 bits per heavy atom. The monoisotopic (exact) mass is 128 g/mol. The number of rotatable bonds is 1. The van der Waals surface area contributed by atoms with Crippen LogP contribution >= 0.6 is 11.6 Å². The lowest BCUT2D eigenvalue weighted by atomic mass is 9.86. The average Bonchev–Trinajstić information content (AvgIpc) is 2.14. The van der Waals surface area contributed by atoms with Crippen molar-refractivity contribution in [3.05, 3.63) is 0 Å². The van der Waals surface area contributed by atoms with Gasteiger partial charge in [-0.1, -0.05) is 18.7 Å². The SMILES string of the molecule is [B]C1CCC(CCl)C1. The molecule has 2 heteroatoms. The second kappa shape index (κ2) is 2.77. The minimum Gasteiger partial charge on any atom is -0.126 e. The first-order valence-electron chi connectivity index (χ1n) is 3.14. The molecule has 0 aromatic carbocycles. The van der Waals surface area contributed by atoms with Gasteiger partial charge in [0.2, 0.25) is 0 Å². The lowest BCUT2D eigenvalue weighted by Crippen LogP contribution is -1.93. The van der Waals surface area contributed by atoms with E-state index in [-0.39, 0.29) is 0 Å². The number of hydrogen-bond acceptors (Lipinski definition) is 0. The Morgan fingerprint density at radius 3 is 2.50 bits per heavy atom. The van der Waals surface area contributed by atoms with Crippen molar-refractivity contribution in [3.8, 4) is 0 Å². The lowest BCUT2D eigenvalue weighted by Gasteiger charge is -2.00. The van der Waals surface area contributed by atoms with Crippen molar-refractivity contribution < 1.29 is 0 Å². The van der Waals surface area contributed by atoms with Gasteiger partial charge in [-0.25, -0.2) is 0 Å². The first-order chi connectivity index (χ1) is 3.83. The Kier molecular flexibility index (Phi) is 2.24. The molecule has 0 aliphatic heterocycles. The summed E-state index contributed by atoms with van der Waals surface area (Å²) in [4.78, 5) is 0. The molecule has 2 unspecified atom stereocenters. The van der Waals surface area contributed by atoms with Crippen molar-refractivity contribution in [2.45, 2.75) is 25.1 Å². The fourth-order valence-corrected chi connectivity index (χ4v) is 1.53. The van der Waals surface area contributed by atoms with Crippen LogP contribution in [0.15, 0.2) is 0 Å². The van der Waals surface area contributed by atoms with Gasteiger partial charge in [-0.05, 0) is 12.3 Å². The van der Waals surface area contributed by atoms with Crippen LogP contribution in [0, 0.1) is 5.92 Å². The van der Waals surface area contributed by atoms with Crippen LogP contribution in [0.5, 0.6) is 0 Å². The predicted octanol–water partition coefficient (Wildman–Crippen LogP) is 1.98. The smallest absolute Gasteiger partial charge is 0.0699 e. The highest BCUT2D eigenvalue weighted by molar-refractivity contribution is 6.18. The van der Waals surface area contributed by atoms with Gasteiger partial charge in [-0.2, -0.15) is 0 Å². The van der Waals surface area contributed by atoms with Crippen LogP contribution in [0.2, 0.25) is 5.82 Å². The van der Waals surface area contributed by atoms with Crippen LogP contribution in [0.1, 0.15) is 19.3 Å². The molecule has 0 aromatic rings. The molecule has 1 aliphatic rings.